The van der Waals surface area contributed by atoms with E-state index in [1.807, 2.05) is 12.1 Å². The molecule has 1 aromatic heterocycles. The van der Waals surface area contributed by atoms with Gasteiger partial charge in [-0.2, -0.15) is 5.26 Å². The van der Waals surface area contributed by atoms with E-state index in [1.54, 1.807) is 11.3 Å². The fourth-order valence-electron chi connectivity index (χ4n) is 1.96. The lowest BCUT2D eigenvalue weighted by Crippen LogP contribution is -2.32. The van der Waals surface area contributed by atoms with Gasteiger partial charge in [0.25, 0.3) is 0 Å². The molecule has 3 heteroatoms. The van der Waals surface area contributed by atoms with E-state index in [-0.39, 0.29) is 0 Å². The van der Waals surface area contributed by atoms with Crippen molar-refractivity contribution in [3.05, 3.63) is 21.9 Å². The fourth-order valence-corrected chi connectivity index (χ4v) is 2.71. The minimum absolute atomic E-state index is 0.544. The van der Waals surface area contributed by atoms with Crippen LogP contribution in [-0.4, -0.2) is 6.04 Å². The van der Waals surface area contributed by atoms with E-state index in [0.29, 0.717) is 6.04 Å². The monoisotopic (exact) mass is 236 g/mol. The summed E-state index contributed by atoms with van der Waals surface area (Å²) in [5.41, 5.74) is 0. The molecule has 1 heterocycles. The van der Waals surface area contributed by atoms with Gasteiger partial charge in [-0.15, -0.1) is 11.3 Å². The highest BCUT2D eigenvalue weighted by atomic mass is 32.1. The van der Waals surface area contributed by atoms with Crippen LogP contribution in [0.2, 0.25) is 0 Å². The molecule has 16 heavy (non-hydrogen) atoms. The molecule has 0 aliphatic rings. The summed E-state index contributed by atoms with van der Waals surface area (Å²) in [5.74, 6) is 0.746. The van der Waals surface area contributed by atoms with Crippen LogP contribution in [0.4, 0.5) is 0 Å². The summed E-state index contributed by atoms with van der Waals surface area (Å²) in [6.45, 7) is 7.61. The van der Waals surface area contributed by atoms with Crippen molar-refractivity contribution in [3.63, 3.8) is 0 Å². The van der Waals surface area contributed by atoms with E-state index in [9.17, 15) is 0 Å². The molecule has 1 atom stereocenters. The second-order valence-electron chi connectivity index (χ2n) is 4.12. The van der Waals surface area contributed by atoms with Gasteiger partial charge < -0.3 is 5.32 Å². The molecule has 88 valence electrons. The van der Waals surface area contributed by atoms with E-state index in [2.05, 4.69) is 32.2 Å². The lowest BCUT2D eigenvalue weighted by molar-refractivity contribution is 0.354. The number of nitrogens with one attached hydrogen (secondary N) is 1. The first-order valence-electron chi connectivity index (χ1n) is 5.93. The predicted molar refractivity (Wildman–Crippen MR) is 69.4 cm³/mol. The van der Waals surface area contributed by atoms with Gasteiger partial charge in [0.1, 0.15) is 10.9 Å². The Kier molecular flexibility index (Phi) is 5.51. The molecule has 1 unspecified atom stereocenters. The topological polar surface area (TPSA) is 35.8 Å². The van der Waals surface area contributed by atoms with E-state index < -0.39 is 0 Å². The molecular formula is C13H20N2S. The van der Waals surface area contributed by atoms with E-state index in [1.165, 1.54) is 17.7 Å². The Labute approximate surface area is 102 Å². The molecule has 1 aromatic rings. The van der Waals surface area contributed by atoms with Crippen LogP contribution in [0, 0.1) is 17.2 Å². The summed E-state index contributed by atoms with van der Waals surface area (Å²) in [7, 11) is 0. The van der Waals surface area contributed by atoms with Crippen LogP contribution in [0.3, 0.4) is 0 Å². The van der Waals surface area contributed by atoms with Gasteiger partial charge in [-0.25, -0.2) is 0 Å². The Hall–Kier alpha value is -0.850. The number of nitrogens with zero attached hydrogens (tertiary/aromatic N) is 1. The van der Waals surface area contributed by atoms with Crippen LogP contribution in [-0.2, 0) is 6.54 Å². The van der Waals surface area contributed by atoms with Gasteiger partial charge in [-0.3, -0.25) is 0 Å². The first-order chi connectivity index (χ1) is 7.71. The van der Waals surface area contributed by atoms with Crippen molar-refractivity contribution in [1.82, 2.24) is 5.32 Å². The van der Waals surface area contributed by atoms with Crippen LogP contribution < -0.4 is 5.32 Å². The van der Waals surface area contributed by atoms with Gasteiger partial charge in [-0.1, -0.05) is 26.7 Å². The Morgan fingerprint density at radius 2 is 2.06 bits per heavy atom. The summed E-state index contributed by atoms with van der Waals surface area (Å²) in [6.07, 6.45) is 2.44. The molecule has 0 bridgehead atoms. The molecule has 0 aliphatic heterocycles. The summed E-state index contributed by atoms with van der Waals surface area (Å²) >= 11 is 1.58. The smallest absolute Gasteiger partial charge is 0.110 e. The van der Waals surface area contributed by atoms with Gasteiger partial charge in [-0.05, 0) is 25.0 Å². The summed E-state index contributed by atoms with van der Waals surface area (Å²) in [4.78, 5) is 2.04. The second kappa shape index (κ2) is 6.67. The van der Waals surface area contributed by atoms with Crippen molar-refractivity contribution in [2.24, 2.45) is 5.92 Å². The highest BCUT2D eigenvalue weighted by molar-refractivity contribution is 7.12. The fraction of sp³-hybridized carbons (Fsp3) is 0.615. The number of rotatable bonds is 6. The highest BCUT2D eigenvalue weighted by Crippen LogP contribution is 2.17. The molecule has 0 aliphatic carbocycles. The molecule has 0 aromatic carbocycles. The lowest BCUT2D eigenvalue weighted by Gasteiger charge is -2.22. The predicted octanol–water partition coefficient (Wildman–Crippen LogP) is 3.53. The van der Waals surface area contributed by atoms with Gasteiger partial charge in [0, 0.05) is 17.5 Å². The van der Waals surface area contributed by atoms with Crippen LogP contribution >= 0.6 is 11.3 Å². The molecule has 0 saturated heterocycles. The molecule has 1 N–H and O–H groups in total. The molecule has 0 amide bonds. The first kappa shape index (κ1) is 13.2. The molecular weight excluding hydrogens is 216 g/mol. The maximum Gasteiger partial charge on any atom is 0.110 e. The van der Waals surface area contributed by atoms with E-state index >= 15 is 0 Å². The molecule has 0 fully saturated rings. The number of nitriles is 1. The van der Waals surface area contributed by atoms with Gasteiger partial charge >= 0.3 is 0 Å². The van der Waals surface area contributed by atoms with Crippen molar-refractivity contribution < 1.29 is 0 Å². The quantitative estimate of drug-likeness (QED) is 0.820. The molecule has 0 radical (unpaired) electrons. The summed E-state index contributed by atoms with van der Waals surface area (Å²) in [5, 5.41) is 12.3. The number of hydrogen-bond donors (Lipinski definition) is 1. The lowest BCUT2D eigenvalue weighted by atomic mass is 9.95. The Balaban J connectivity index is 2.42. The Morgan fingerprint density at radius 1 is 1.38 bits per heavy atom. The standard InChI is InChI=1S/C13H20N2S/c1-4-11(5-2)10(3)15-9-13-7-6-12(8-14)16-13/h6-7,10-11,15H,4-5,9H2,1-3H3. The normalized spacial score (nSPS) is 12.7. The average molecular weight is 236 g/mol. The van der Waals surface area contributed by atoms with E-state index in [0.717, 1.165) is 17.3 Å². The van der Waals surface area contributed by atoms with Crippen molar-refractivity contribution >= 4 is 11.3 Å². The van der Waals surface area contributed by atoms with Gasteiger partial charge in [0.05, 0.1) is 0 Å². The Bertz CT molecular complexity index is 347. The van der Waals surface area contributed by atoms with Crippen LogP contribution in [0.5, 0.6) is 0 Å². The number of hydrogen-bond acceptors (Lipinski definition) is 3. The molecule has 2 nitrogen and oxygen atoms in total. The average Bonchev–Trinajstić information content (AvgIpc) is 2.76. The van der Waals surface area contributed by atoms with Crippen molar-refractivity contribution in [2.45, 2.75) is 46.2 Å². The molecule has 1 rings (SSSR count). The number of thiophene rings is 1. The SMILES string of the molecule is CCC(CC)C(C)NCc1ccc(C#N)s1. The minimum Gasteiger partial charge on any atom is -0.309 e. The second-order valence-corrected chi connectivity index (χ2v) is 5.29. The van der Waals surface area contributed by atoms with Crippen molar-refractivity contribution in [3.8, 4) is 6.07 Å². The summed E-state index contributed by atoms with van der Waals surface area (Å²) < 4.78 is 0. The van der Waals surface area contributed by atoms with Crippen molar-refractivity contribution in [2.75, 3.05) is 0 Å². The third-order valence-corrected chi connectivity index (χ3v) is 4.12. The molecule has 0 spiro atoms. The Morgan fingerprint density at radius 3 is 2.56 bits per heavy atom. The first-order valence-corrected chi connectivity index (χ1v) is 6.75. The van der Waals surface area contributed by atoms with Crippen LogP contribution in [0.15, 0.2) is 12.1 Å². The van der Waals surface area contributed by atoms with Crippen LogP contribution in [0.25, 0.3) is 0 Å². The van der Waals surface area contributed by atoms with Crippen LogP contribution in [0.1, 0.15) is 43.4 Å². The maximum atomic E-state index is 8.73. The van der Waals surface area contributed by atoms with E-state index in [4.69, 9.17) is 5.26 Å². The van der Waals surface area contributed by atoms with Crippen molar-refractivity contribution in [1.29, 1.82) is 5.26 Å². The molecule has 0 saturated carbocycles. The van der Waals surface area contributed by atoms with Gasteiger partial charge in [0.2, 0.25) is 0 Å². The largest absolute Gasteiger partial charge is 0.309 e. The summed E-state index contributed by atoms with van der Waals surface area (Å²) in [6, 6.07) is 6.64. The zero-order chi connectivity index (χ0) is 12.0. The zero-order valence-electron chi connectivity index (χ0n) is 10.3. The highest BCUT2D eigenvalue weighted by Gasteiger charge is 2.12. The third kappa shape index (κ3) is 3.62. The third-order valence-electron chi connectivity index (χ3n) is 3.13. The minimum atomic E-state index is 0.544. The maximum absolute atomic E-state index is 8.73. The zero-order valence-corrected chi connectivity index (χ0v) is 11.1. The van der Waals surface area contributed by atoms with Gasteiger partial charge in [0.15, 0.2) is 0 Å².